The zero-order valence-corrected chi connectivity index (χ0v) is 34.6. The van der Waals surface area contributed by atoms with Crippen LogP contribution in [-0.2, 0) is 5.41 Å². The number of hydrogen-bond acceptors (Lipinski definition) is 4. The molecule has 0 aliphatic heterocycles. The van der Waals surface area contributed by atoms with Crippen LogP contribution in [0, 0.1) is 0 Å². The molecule has 64 heavy (non-hydrogen) atoms. The Morgan fingerprint density at radius 2 is 0.781 bits per heavy atom. The van der Waals surface area contributed by atoms with Crippen LogP contribution >= 0.6 is 0 Å². The molecule has 0 atom stereocenters. The Morgan fingerprint density at radius 1 is 0.312 bits per heavy atom. The number of rotatable bonds is 6. The van der Waals surface area contributed by atoms with E-state index in [4.69, 9.17) is 19.9 Å². The number of imidazole rings is 1. The zero-order chi connectivity index (χ0) is 42.2. The lowest BCUT2D eigenvalue weighted by molar-refractivity contribution is 0.794. The summed E-state index contributed by atoms with van der Waals surface area (Å²) in [6.07, 6.45) is 0. The van der Waals surface area contributed by atoms with E-state index >= 15 is 0 Å². The molecule has 13 rings (SSSR count). The molecular weight excluding hydrogens is 779 g/mol. The summed E-state index contributed by atoms with van der Waals surface area (Å²) >= 11 is 0. The molecule has 0 saturated heterocycles. The highest BCUT2D eigenvalue weighted by Gasteiger charge is 2.51. The number of para-hydroxylation sites is 3. The third-order valence-electron chi connectivity index (χ3n) is 13.1. The Balaban J connectivity index is 0.931. The maximum atomic E-state index is 5.19. The largest absolute Gasteiger partial charge is 0.292 e. The number of nitrogens with zero attached hydrogens (tertiary/aromatic N) is 5. The van der Waals surface area contributed by atoms with E-state index in [1.807, 2.05) is 42.5 Å². The van der Waals surface area contributed by atoms with Gasteiger partial charge >= 0.3 is 0 Å². The number of hydrogen-bond donors (Lipinski definition) is 0. The van der Waals surface area contributed by atoms with Gasteiger partial charge in [-0.2, -0.15) is 0 Å². The lowest BCUT2D eigenvalue weighted by Gasteiger charge is -2.30. The fraction of sp³-hybridized carbons (Fsp3) is 0.0169. The summed E-state index contributed by atoms with van der Waals surface area (Å²) in [4.78, 5) is 20.5. The van der Waals surface area contributed by atoms with E-state index in [-0.39, 0.29) is 0 Å². The van der Waals surface area contributed by atoms with Gasteiger partial charge in [-0.3, -0.25) is 4.57 Å². The van der Waals surface area contributed by atoms with Crippen LogP contribution in [0.1, 0.15) is 22.3 Å². The predicted octanol–water partition coefficient (Wildman–Crippen LogP) is 13.9. The molecule has 5 heteroatoms. The molecule has 0 fully saturated rings. The Kier molecular flexibility index (Phi) is 8.06. The summed E-state index contributed by atoms with van der Waals surface area (Å²) in [7, 11) is 0. The molecule has 0 bridgehead atoms. The number of aromatic nitrogens is 5. The SMILES string of the molecule is c1ccc(-c2nc(-c3ccc(-c4cccc5c4-c4ccccc4C54c5ccccc5-c5ccccc54)cc3)nc(-c3cccc(-c4nc5ccccc5n4-c4ccccc4)c3)n2)cc1. The minimum absolute atomic E-state index is 0.393. The van der Waals surface area contributed by atoms with Gasteiger partial charge in [-0.25, -0.2) is 19.9 Å². The second-order valence-corrected chi connectivity index (χ2v) is 16.5. The summed E-state index contributed by atoms with van der Waals surface area (Å²) < 4.78 is 2.22. The smallest absolute Gasteiger partial charge is 0.164 e. The van der Waals surface area contributed by atoms with Crippen molar-refractivity contribution >= 4 is 11.0 Å². The molecular formula is C59H37N5. The van der Waals surface area contributed by atoms with Gasteiger partial charge in [0.25, 0.3) is 0 Å². The lowest BCUT2D eigenvalue weighted by atomic mass is 9.70. The van der Waals surface area contributed by atoms with E-state index in [2.05, 4.69) is 187 Å². The number of fused-ring (bicyclic) bond motifs is 11. The van der Waals surface area contributed by atoms with Crippen LogP contribution < -0.4 is 0 Å². The fourth-order valence-electron chi connectivity index (χ4n) is 10.4. The summed E-state index contributed by atoms with van der Waals surface area (Å²) in [6, 6.07) is 79.6. The van der Waals surface area contributed by atoms with Crippen molar-refractivity contribution in [2.45, 2.75) is 5.41 Å². The lowest BCUT2D eigenvalue weighted by Crippen LogP contribution is -2.25. The van der Waals surface area contributed by atoms with E-state index in [9.17, 15) is 0 Å². The first kappa shape index (κ1) is 36.1. The molecule has 298 valence electrons. The average Bonchev–Trinajstić information content (AvgIpc) is 4.02. The van der Waals surface area contributed by atoms with E-state index in [0.29, 0.717) is 17.5 Å². The highest BCUT2D eigenvalue weighted by Crippen LogP contribution is 2.63. The van der Waals surface area contributed by atoms with Gasteiger partial charge in [-0.1, -0.05) is 194 Å². The molecule has 5 nitrogen and oxygen atoms in total. The van der Waals surface area contributed by atoms with Gasteiger partial charge in [0.15, 0.2) is 17.5 Å². The Labute approximate surface area is 370 Å². The van der Waals surface area contributed by atoms with Crippen molar-refractivity contribution in [3.8, 4) is 84.6 Å². The van der Waals surface area contributed by atoms with Gasteiger partial charge < -0.3 is 0 Å². The zero-order valence-electron chi connectivity index (χ0n) is 34.6. The van der Waals surface area contributed by atoms with E-state index in [0.717, 1.165) is 50.4 Å². The van der Waals surface area contributed by atoms with Crippen LogP contribution in [0.5, 0.6) is 0 Å². The molecule has 2 aromatic heterocycles. The third-order valence-corrected chi connectivity index (χ3v) is 13.1. The van der Waals surface area contributed by atoms with Gasteiger partial charge in [0.2, 0.25) is 0 Å². The predicted molar refractivity (Wildman–Crippen MR) is 258 cm³/mol. The molecule has 0 unspecified atom stereocenters. The summed E-state index contributed by atoms with van der Waals surface area (Å²) in [5.41, 5.74) is 19.2. The van der Waals surface area contributed by atoms with Crippen molar-refractivity contribution < 1.29 is 0 Å². The van der Waals surface area contributed by atoms with Gasteiger partial charge in [-0.05, 0) is 86.0 Å². The maximum Gasteiger partial charge on any atom is 0.164 e. The fourth-order valence-corrected chi connectivity index (χ4v) is 10.4. The topological polar surface area (TPSA) is 56.5 Å². The van der Waals surface area contributed by atoms with Crippen molar-refractivity contribution in [3.63, 3.8) is 0 Å². The third kappa shape index (κ3) is 5.37. The van der Waals surface area contributed by atoms with E-state index in [1.165, 1.54) is 50.1 Å². The van der Waals surface area contributed by atoms with E-state index < -0.39 is 5.41 Å². The summed E-state index contributed by atoms with van der Waals surface area (Å²) in [5, 5.41) is 0. The molecule has 2 aliphatic rings. The monoisotopic (exact) mass is 815 g/mol. The first-order valence-corrected chi connectivity index (χ1v) is 21.7. The van der Waals surface area contributed by atoms with Crippen LogP contribution in [0.2, 0.25) is 0 Å². The van der Waals surface area contributed by atoms with Gasteiger partial charge in [-0.15, -0.1) is 0 Å². The highest BCUT2D eigenvalue weighted by molar-refractivity contribution is 6.00. The molecule has 2 aliphatic carbocycles. The Hall–Kier alpha value is -8.54. The normalized spacial score (nSPS) is 12.8. The number of benzene rings is 9. The van der Waals surface area contributed by atoms with Crippen molar-refractivity contribution in [1.29, 1.82) is 0 Å². The van der Waals surface area contributed by atoms with Crippen molar-refractivity contribution in [2.75, 3.05) is 0 Å². The van der Waals surface area contributed by atoms with Crippen LogP contribution in [0.15, 0.2) is 224 Å². The van der Waals surface area contributed by atoms with Gasteiger partial charge in [0.1, 0.15) is 5.82 Å². The molecule has 0 radical (unpaired) electrons. The average molecular weight is 816 g/mol. The summed E-state index contributed by atoms with van der Waals surface area (Å²) in [5.74, 6) is 2.67. The van der Waals surface area contributed by atoms with Crippen molar-refractivity contribution in [2.24, 2.45) is 0 Å². The van der Waals surface area contributed by atoms with Crippen LogP contribution in [0.3, 0.4) is 0 Å². The van der Waals surface area contributed by atoms with Crippen molar-refractivity contribution in [1.82, 2.24) is 24.5 Å². The van der Waals surface area contributed by atoms with Gasteiger partial charge in [0.05, 0.1) is 16.4 Å². The molecule has 0 amide bonds. The molecule has 0 N–H and O–H groups in total. The Morgan fingerprint density at radius 3 is 1.48 bits per heavy atom. The van der Waals surface area contributed by atoms with Crippen LogP contribution in [-0.4, -0.2) is 24.5 Å². The minimum atomic E-state index is -0.393. The summed E-state index contributed by atoms with van der Waals surface area (Å²) in [6.45, 7) is 0. The first-order chi connectivity index (χ1) is 31.7. The maximum absolute atomic E-state index is 5.19. The second kappa shape index (κ2) is 14.3. The Bertz CT molecular complexity index is 3560. The molecule has 11 aromatic rings. The van der Waals surface area contributed by atoms with E-state index in [1.54, 1.807) is 0 Å². The van der Waals surface area contributed by atoms with Crippen LogP contribution in [0.4, 0.5) is 0 Å². The molecule has 2 heterocycles. The van der Waals surface area contributed by atoms with Gasteiger partial charge in [0, 0.05) is 27.9 Å². The second-order valence-electron chi connectivity index (χ2n) is 16.5. The minimum Gasteiger partial charge on any atom is -0.292 e. The van der Waals surface area contributed by atoms with Crippen molar-refractivity contribution in [3.05, 3.63) is 247 Å². The quantitative estimate of drug-likeness (QED) is 0.168. The standard InChI is InChI=1S/C59H37N5/c1-3-17-39(18-4-1)55-61-56(63-57(62-55)41-19-15-20-42(37-41)58-60-52-31-13-14-32-53(52)64(58)43-21-5-2-6-22-43)40-35-33-38(34-36-40)44-26-16-30-51-54(44)47-25-9-12-29-50(47)59(51)48-27-10-7-23-45(48)46-24-8-11-28-49(46)59/h1-37H. The van der Waals surface area contributed by atoms with Crippen LogP contribution in [0.25, 0.3) is 95.7 Å². The molecule has 1 spiro atoms. The molecule has 0 saturated carbocycles. The first-order valence-electron chi connectivity index (χ1n) is 21.7. The molecule has 9 aromatic carbocycles. The highest BCUT2D eigenvalue weighted by atomic mass is 15.1.